The highest BCUT2D eigenvalue weighted by atomic mass is 35.5. The molecule has 0 saturated carbocycles. The van der Waals surface area contributed by atoms with Crippen LogP contribution >= 0.6 is 11.6 Å². The summed E-state index contributed by atoms with van der Waals surface area (Å²) in [5, 5.41) is 0.426. The molecule has 78 valence electrons. The first-order valence-corrected chi connectivity index (χ1v) is 4.54. The minimum atomic E-state index is 0.336. The van der Waals surface area contributed by atoms with Crippen molar-refractivity contribution >= 4 is 23.1 Å². The van der Waals surface area contributed by atoms with Crippen LogP contribution in [-0.4, -0.2) is 25.2 Å². The fraction of sp³-hybridized carbons (Fsp3) is 0.400. The van der Waals surface area contributed by atoms with Gasteiger partial charge in [0.05, 0.1) is 6.26 Å². The number of aliphatic imine (C=N–C) groups is 2. The minimum absolute atomic E-state index is 0.336. The molecule has 0 aromatic rings. The molecular weight excluding hydrogens is 200 g/mol. The summed E-state index contributed by atoms with van der Waals surface area (Å²) in [5.74, 6) is 0.648. The number of hydrogen-bond donors (Lipinski definition) is 0. The number of ether oxygens (including phenoxy) is 1. The van der Waals surface area contributed by atoms with Gasteiger partial charge >= 0.3 is 0 Å². The molecule has 0 bridgehead atoms. The van der Waals surface area contributed by atoms with Crippen LogP contribution in [0.15, 0.2) is 33.9 Å². The third kappa shape index (κ3) is 7.55. The Bertz CT molecular complexity index is 276. The molecule has 0 saturated heterocycles. The van der Waals surface area contributed by atoms with Crippen LogP contribution < -0.4 is 0 Å². The van der Waals surface area contributed by atoms with E-state index in [1.165, 1.54) is 6.26 Å². The van der Waals surface area contributed by atoms with Gasteiger partial charge in [0.25, 0.3) is 0 Å². The fourth-order valence-electron chi connectivity index (χ4n) is 0.650. The van der Waals surface area contributed by atoms with Gasteiger partial charge in [-0.05, 0) is 19.9 Å². The summed E-state index contributed by atoms with van der Waals surface area (Å²) in [6.45, 7) is 7.63. The summed E-state index contributed by atoms with van der Waals surface area (Å²) in [6.07, 6.45) is 3.04. The average molecular weight is 215 g/mol. The zero-order valence-electron chi connectivity index (χ0n) is 8.75. The summed E-state index contributed by atoms with van der Waals surface area (Å²) in [4.78, 5) is 8.12. The third-order valence-corrected chi connectivity index (χ3v) is 1.29. The molecule has 0 radical (unpaired) electrons. The normalized spacial score (nSPS) is 11.6. The Morgan fingerprint density at radius 3 is 2.57 bits per heavy atom. The zero-order valence-corrected chi connectivity index (χ0v) is 9.51. The lowest BCUT2D eigenvalue weighted by atomic mass is 10.5. The number of halogens is 1. The molecule has 0 atom stereocenters. The molecule has 14 heavy (non-hydrogen) atoms. The van der Waals surface area contributed by atoms with Gasteiger partial charge in [-0.3, -0.25) is 4.99 Å². The van der Waals surface area contributed by atoms with Gasteiger partial charge in [0, 0.05) is 17.8 Å². The van der Waals surface area contributed by atoms with Gasteiger partial charge in [-0.2, -0.15) is 0 Å². The van der Waals surface area contributed by atoms with Gasteiger partial charge < -0.3 is 4.74 Å². The molecule has 0 spiro atoms. The predicted molar refractivity (Wildman–Crippen MR) is 62.2 cm³/mol. The highest BCUT2D eigenvalue weighted by Gasteiger charge is 1.93. The number of rotatable bonds is 4. The number of amidine groups is 1. The van der Waals surface area contributed by atoms with E-state index in [0.29, 0.717) is 17.5 Å². The van der Waals surface area contributed by atoms with Crippen molar-refractivity contribution in [3.8, 4) is 0 Å². The SMILES string of the molecule is C=C(Cl)/C=C/OCC(N=C(C)C)=NC. The van der Waals surface area contributed by atoms with Crippen molar-refractivity contribution in [3.63, 3.8) is 0 Å². The molecule has 0 rings (SSSR count). The van der Waals surface area contributed by atoms with E-state index < -0.39 is 0 Å². The Labute approximate surface area is 89.9 Å². The minimum Gasteiger partial charge on any atom is -0.493 e. The third-order valence-electron chi connectivity index (χ3n) is 1.17. The van der Waals surface area contributed by atoms with Gasteiger partial charge in [-0.15, -0.1) is 0 Å². The largest absolute Gasteiger partial charge is 0.493 e. The maximum atomic E-state index is 5.49. The van der Waals surface area contributed by atoms with Crippen molar-refractivity contribution in [1.29, 1.82) is 0 Å². The highest BCUT2D eigenvalue weighted by molar-refractivity contribution is 6.30. The lowest BCUT2D eigenvalue weighted by Gasteiger charge is -2.00. The maximum Gasteiger partial charge on any atom is 0.161 e. The Morgan fingerprint density at radius 2 is 2.14 bits per heavy atom. The Kier molecular flexibility index (Phi) is 6.76. The second-order valence-corrected chi connectivity index (χ2v) is 3.24. The molecule has 0 aliphatic carbocycles. The van der Waals surface area contributed by atoms with Gasteiger partial charge in [0.2, 0.25) is 0 Å². The topological polar surface area (TPSA) is 34.0 Å². The smallest absolute Gasteiger partial charge is 0.161 e. The van der Waals surface area contributed by atoms with E-state index in [1.54, 1.807) is 13.1 Å². The Balaban J connectivity index is 3.99. The Morgan fingerprint density at radius 1 is 1.50 bits per heavy atom. The summed E-state index contributed by atoms with van der Waals surface area (Å²) < 4.78 is 5.13. The van der Waals surface area contributed by atoms with E-state index in [0.717, 1.165) is 5.71 Å². The van der Waals surface area contributed by atoms with E-state index in [1.807, 2.05) is 13.8 Å². The van der Waals surface area contributed by atoms with Crippen LogP contribution in [-0.2, 0) is 4.74 Å². The summed E-state index contributed by atoms with van der Waals surface area (Å²) in [7, 11) is 1.68. The summed E-state index contributed by atoms with van der Waals surface area (Å²) >= 11 is 5.49. The molecule has 0 aliphatic rings. The predicted octanol–water partition coefficient (Wildman–Crippen LogP) is 2.78. The van der Waals surface area contributed by atoms with Crippen molar-refractivity contribution < 1.29 is 4.74 Å². The van der Waals surface area contributed by atoms with Gasteiger partial charge in [0.1, 0.15) is 6.61 Å². The van der Waals surface area contributed by atoms with Crippen LogP contribution in [0.4, 0.5) is 0 Å². The molecule has 3 nitrogen and oxygen atoms in total. The monoisotopic (exact) mass is 214 g/mol. The van der Waals surface area contributed by atoms with Crippen molar-refractivity contribution in [2.24, 2.45) is 9.98 Å². The second-order valence-electron chi connectivity index (χ2n) is 2.76. The molecule has 0 unspecified atom stereocenters. The first-order valence-electron chi connectivity index (χ1n) is 4.16. The number of allylic oxidation sites excluding steroid dienone is 2. The average Bonchev–Trinajstić information content (AvgIpc) is 2.09. The number of hydrogen-bond acceptors (Lipinski definition) is 2. The standard InChI is InChI=1S/C10H15ClN2O/c1-8(2)13-10(12-4)7-14-6-5-9(3)11/h5-6H,3,7H2,1-2,4H3/b6-5+,12-10?. The van der Waals surface area contributed by atoms with Crippen LogP contribution in [0.2, 0.25) is 0 Å². The van der Waals surface area contributed by atoms with Crippen molar-refractivity contribution in [2.45, 2.75) is 13.8 Å². The van der Waals surface area contributed by atoms with Gasteiger partial charge in [0.15, 0.2) is 5.84 Å². The highest BCUT2D eigenvalue weighted by Crippen LogP contribution is 1.97. The molecule has 0 fully saturated rings. The molecule has 0 aromatic heterocycles. The van der Waals surface area contributed by atoms with Crippen LogP contribution in [0.3, 0.4) is 0 Å². The van der Waals surface area contributed by atoms with E-state index in [4.69, 9.17) is 16.3 Å². The van der Waals surface area contributed by atoms with Gasteiger partial charge in [-0.1, -0.05) is 18.2 Å². The van der Waals surface area contributed by atoms with Crippen LogP contribution in [0.1, 0.15) is 13.8 Å². The van der Waals surface area contributed by atoms with Crippen LogP contribution in [0, 0.1) is 0 Å². The fourth-order valence-corrected chi connectivity index (χ4v) is 0.701. The second kappa shape index (κ2) is 7.33. The summed E-state index contributed by atoms with van der Waals surface area (Å²) in [6, 6.07) is 0. The van der Waals surface area contributed by atoms with E-state index in [2.05, 4.69) is 16.6 Å². The lowest BCUT2D eigenvalue weighted by molar-refractivity contribution is 0.301. The molecule has 0 aliphatic heterocycles. The van der Waals surface area contributed by atoms with Crippen molar-refractivity contribution in [3.05, 3.63) is 23.9 Å². The number of nitrogens with zero attached hydrogens (tertiary/aromatic N) is 2. The summed E-state index contributed by atoms with van der Waals surface area (Å²) in [5.41, 5.74) is 0.944. The van der Waals surface area contributed by atoms with Crippen LogP contribution in [0.25, 0.3) is 0 Å². The quantitative estimate of drug-likeness (QED) is 0.307. The first kappa shape index (κ1) is 12.9. The Hall–Kier alpha value is -1.09. The molecule has 0 aromatic carbocycles. The molecule has 4 heteroatoms. The van der Waals surface area contributed by atoms with Crippen molar-refractivity contribution in [1.82, 2.24) is 0 Å². The molecule has 0 N–H and O–H groups in total. The van der Waals surface area contributed by atoms with Gasteiger partial charge in [-0.25, -0.2) is 4.99 Å². The molecule has 0 amide bonds. The lowest BCUT2D eigenvalue weighted by Crippen LogP contribution is -2.05. The van der Waals surface area contributed by atoms with Crippen LogP contribution in [0.5, 0.6) is 0 Å². The van der Waals surface area contributed by atoms with Crippen molar-refractivity contribution in [2.75, 3.05) is 13.7 Å². The van der Waals surface area contributed by atoms with E-state index >= 15 is 0 Å². The first-order chi connectivity index (χ1) is 6.56. The molecule has 0 heterocycles. The van der Waals surface area contributed by atoms with E-state index in [-0.39, 0.29) is 0 Å². The molecular formula is C10H15ClN2O. The zero-order chi connectivity index (χ0) is 11.0. The van der Waals surface area contributed by atoms with E-state index in [9.17, 15) is 0 Å². The maximum absolute atomic E-state index is 5.49.